The van der Waals surface area contributed by atoms with Gasteiger partial charge in [0, 0.05) is 5.56 Å². The summed E-state index contributed by atoms with van der Waals surface area (Å²) < 4.78 is 10.8. The van der Waals surface area contributed by atoms with E-state index in [0.717, 1.165) is 12.0 Å². The zero-order valence-corrected chi connectivity index (χ0v) is 19.6. The minimum absolute atomic E-state index is 0.224. The van der Waals surface area contributed by atoms with Gasteiger partial charge in [-0.1, -0.05) is 24.6 Å². The summed E-state index contributed by atoms with van der Waals surface area (Å²) >= 11 is 0. The molecule has 0 aliphatic carbocycles. The monoisotopic (exact) mass is 473 g/mol. The van der Waals surface area contributed by atoms with Crippen molar-refractivity contribution in [3.8, 4) is 11.5 Å². The number of rotatable bonds is 10. The highest BCUT2D eigenvalue weighted by Crippen LogP contribution is 2.15. The number of carbonyl (C=O) groups is 3. The molecule has 0 radical (unpaired) electrons. The van der Waals surface area contributed by atoms with Gasteiger partial charge in [-0.3, -0.25) is 9.59 Å². The first-order valence-corrected chi connectivity index (χ1v) is 11.2. The Morgan fingerprint density at radius 3 is 2.31 bits per heavy atom. The maximum Gasteiger partial charge on any atom is 0.343 e. The van der Waals surface area contributed by atoms with Gasteiger partial charge in [0.1, 0.15) is 11.5 Å². The molecule has 0 aliphatic rings. The molecule has 0 heterocycles. The minimum Gasteiger partial charge on any atom is -0.494 e. The molecular formula is C27H27N3O5. The normalized spacial score (nSPS) is 10.6. The number of hydrazone groups is 1. The van der Waals surface area contributed by atoms with Crippen LogP contribution in [0.4, 0.5) is 0 Å². The van der Waals surface area contributed by atoms with Crippen LogP contribution in [0.25, 0.3) is 0 Å². The Balaban J connectivity index is 1.42. The summed E-state index contributed by atoms with van der Waals surface area (Å²) in [5.74, 6) is -0.202. The van der Waals surface area contributed by atoms with E-state index in [0.29, 0.717) is 34.8 Å². The molecule has 8 heteroatoms. The fourth-order valence-electron chi connectivity index (χ4n) is 2.96. The molecule has 3 aromatic carbocycles. The second-order valence-electron chi connectivity index (χ2n) is 7.68. The fourth-order valence-corrected chi connectivity index (χ4v) is 2.96. The molecule has 0 saturated heterocycles. The highest BCUT2D eigenvalue weighted by atomic mass is 16.5. The molecule has 35 heavy (non-hydrogen) atoms. The summed E-state index contributed by atoms with van der Waals surface area (Å²) in [7, 11) is 0. The molecule has 0 atom stereocenters. The van der Waals surface area contributed by atoms with Crippen molar-refractivity contribution in [1.29, 1.82) is 0 Å². The molecule has 0 fully saturated rings. The van der Waals surface area contributed by atoms with E-state index < -0.39 is 11.9 Å². The van der Waals surface area contributed by atoms with E-state index in [4.69, 9.17) is 9.47 Å². The second-order valence-corrected chi connectivity index (χ2v) is 7.68. The first-order chi connectivity index (χ1) is 16.9. The average molecular weight is 474 g/mol. The van der Waals surface area contributed by atoms with Gasteiger partial charge in [0.15, 0.2) is 0 Å². The molecule has 3 rings (SSSR count). The van der Waals surface area contributed by atoms with Gasteiger partial charge in [0.25, 0.3) is 11.8 Å². The zero-order valence-electron chi connectivity index (χ0n) is 19.6. The molecule has 180 valence electrons. The predicted molar refractivity (Wildman–Crippen MR) is 133 cm³/mol. The van der Waals surface area contributed by atoms with Crippen LogP contribution in [0.3, 0.4) is 0 Å². The summed E-state index contributed by atoms with van der Waals surface area (Å²) in [6, 6.07) is 20.5. The van der Waals surface area contributed by atoms with Crippen molar-refractivity contribution in [2.75, 3.05) is 13.2 Å². The number of carbonyl (C=O) groups excluding carboxylic acids is 3. The Labute approximate surface area is 204 Å². The van der Waals surface area contributed by atoms with Gasteiger partial charge in [-0.05, 0) is 79.6 Å². The number of esters is 1. The molecule has 8 nitrogen and oxygen atoms in total. The maximum atomic E-state index is 12.2. The van der Waals surface area contributed by atoms with Gasteiger partial charge < -0.3 is 14.8 Å². The molecule has 0 spiro atoms. The molecule has 2 amide bonds. The Morgan fingerprint density at radius 1 is 0.914 bits per heavy atom. The third kappa shape index (κ3) is 8.12. The maximum absolute atomic E-state index is 12.2. The van der Waals surface area contributed by atoms with Gasteiger partial charge in [-0.25, -0.2) is 10.2 Å². The van der Waals surface area contributed by atoms with Gasteiger partial charge in [-0.2, -0.15) is 5.10 Å². The number of nitrogens with zero attached hydrogens (tertiary/aromatic N) is 1. The van der Waals surface area contributed by atoms with E-state index >= 15 is 0 Å². The lowest BCUT2D eigenvalue weighted by atomic mass is 10.1. The third-order valence-corrected chi connectivity index (χ3v) is 4.75. The summed E-state index contributed by atoms with van der Waals surface area (Å²) in [6.45, 7) is 4.30. The van der Waals surface area contributed by atoms with Crippen LogP contribution in [-0.4, -0.2) is 37.1 Å². The molecule has 0 bridgehead atoms. The highest BCUT2D eigenvalue weighted by Gasteiger charge is 2.09. The van der Waals surface area contributed by atoms with Crippen LogP contribution in [0.2, 0.25) is 0 Å². The number of nitrogens with one attached hydrogen (secondary N) is 2. The highest BCUT2D eigenvalue weighted by molar-refractivity contribution is 5.96. The first kappa shape index (κ1) is 25.2. The lowest BCUT2D eigenvalue weighted by Crippen LogP contribution is -2.34. The standard InChI is InChI=1S/C27H27N3O5/c1-3-15-34-23-13-9-21(10-14-23)26(32)28-18-25(31)30-29-17-20-7-11-24(12-8-20)35-27(33)22-6-4-5-19(2)16-22/h4-14,16-17H,3,15,18H2,1-2H3,(H,28,32)(H,30,31)/b29-17+. The van der Waals surface area contributed by atoms with E-state index in [1.54, 1.807) is 66.7 Å². The lowest BCUT2D eigenvalue weighted by Gasteiger charge is -2.07. The molecule has 3 aromatic rings. The fraction of sp³-hybridized carbons (Fsp3) is 0.185. The third-order valence-electron chi connectivity index (χ3n) is 4.75. The number of benzene rings is 3. The second kappa shape index (κ2) is 12.7. The smallest absolute Gasteiger partial charge is 0.343 e. The Kier molecular flexibility index (Phi) is 9.13. The van der Waals surface area contributed by atoms with Crippen LogP contribution in [0.15, 0.2) is 77.9 Å². The van der Waals surface area contributed by atoms with Crippen molar-refractivity contribution >= 4 is 24.0 Å². The van der Waals surface area contributed by atoms with Gasteiger partial charge >= 0.3 is 5.97 Å². The number of aryl methyl sites for hydroxylation is 1. The van der Waals surface area contributed by atoms with Crippen LogP contribution < -0.4 is 20.2 Å². The van der Waals surface area contributed by atoms with Crippen molar-refractivity contribution in [3.05, 3.63) is 95.1 Å². The topological polar surface area (TPSA) is 106 Å². The molecule has 0 unspecified atom stereocenters. The molecule has 0 aromatic heterocycles. The summed E-state index contributed by atoms with van der Waals surface area (Å²) in [4.78, 5) is 36.4. The van der Waals surface area contributed by atoms with E-state index in [2.05, 4.69) is 15.8 Å². The SMILES string of the molecule is CCCOc1ccc(C(=O)NCC(=O)N/N=C/c2ccc(OC(=O)c3cccc(C)c3)cc2)cc1. The van der Waals surface area contributed by atoms with Crippen molar-refractivity contribution in [3.63, 3.8) is 0 Å². The van der Waals surface area contributed by atoms with Crippen molar-refractivity contribution in [2.45, 2.75) is 20.3 Å². The van der Waals surface area contributed by atoms with Gasteiger partial charge in [-0.15, -0.1) is 0 Å². The zero-order chi connectivity index (χ0) is 25.0. The molecule has 2 N–H and O–H groups in total. The Hall–Kier alpha value is -4.46. The lowest BCUT2D eigenvalue weighted by molar-refractivity contribution is -0.120. The van der Waals surface area contributed by atoms with Crippen LogP contribution in [0.1, 0.15) is 45.2 Å². The van der Waals surface area contributed by atoms with Crippen molar-refractivity contribution in [2.24, 2.45) is 5.10 Å². The van der Waals surface area contributed by atoms with Crippen molar-refractivity contribution in [1.82, 2.24) is 10.7 Å². The average Bonchev–Trinajstić information content (AvgIpc) is 2.87. The quantitative estimate of drug-likeness (QED) is 0.201. The molecular weight excluding hydrogens is 446 g/mol. The van der Waals surface area contributed by atoms with Crippen molar-refractivity contribution < 1.29 is 23.9 Å². The Morgan fingerprint density at radius 2 is 1.63 bits per heavy atom. The van der Waals surface area contributed by atoms with E-state index in [1.807, 2.05) is 19.9 Å². The number of ether oxygens (including phenoxy) is 2. The minimum atomic E-state index is -0.471. The summed E-state index contributed by atoms with van der Waals surface area (Å²) in [6.07, 6.45) is 2.34. The number of hydrogen-bond acceptors (Lipinski definition) is 6. The van der Waals surface area contributed by atoms with E-state index in [-0.39, 0.29) is 12.5 Å². The predicted octanol–water partition coefficient (Wildman–Crippen LogP) is 3.88. The summed E-state index contributed by atoms with van der Waals surface area (Å²) in [5, 5.41) is 6.42. The number of hydrogen-bond donors (Lipinski definition) is 2. The van der Waals surface area contributed by atoms with Gasteiger partial charge in [0.05, 0.1) is 24.9 Å². The van der Waals surface area contributed by atoms with Crippen LogP contribution >= 0.6 is 0 Å². The molecule has 0 aliphatic heterocycles. The summed E-state index contributed by atoms with van der Waals surface area (Å²) in [5.41, 5.74) is 4.92. The first-order valence-electron chi connectivity index (χ1n) is 11.2. The largest absolute Gasteiger partial charge is 0.494 e. The molecule has 0 saturated carbocycles. The van der Waals surface area contributed by atoms with Crippen LogP contribution in [0.5, 0.6) is 11.5 Å². The number of amides is 2. The van der Waals surface area contributed by atoms with Gasteiger partial charge in [0.2, 0.25) is 0 Å². The van der Waals surface area contributed by atoms with E-state index in [9.17, 15) is 14.4 Å². The van der Waals surface area contributed by atoms with Crippen LogP contribution in [-0.2, 0) is 4.79 Å². The van der Waals surface area contributed by atoms with Crippen LogP contribution in [0, 0.1) is 6.92 Å². The van der Waals surface area contributed by atoms with E-state index in [1.165, 1.54) is 6.21 Å². The Bertz CT molecular complexity index is 1190.